The van der Waals surface area contributed by atoms with E-state index >= 15 is 0 Å². The first kappa shape index (κ1) is 19.3. The molecule has 5 nitrogen and oxygen atoms in total. The van der Waals surface area contributed by atoms with Crippen LogP contribution in [0.5, 0.6) is 0 Å². The zero-order chi connectivity index (χ0) is 15.6. The SMILES string of the molecule is CC1CCNCC1NC(=O)c1sccc1S(=O)(=O)C(F)F.Cl. The Morgan fingerprint density at radius 1 is 1.50 bits per heavy atom. The van der Waals surface area contributed by atoms with Crippen molar-refractivity contribution in [3.05, 3.63) is 16.3 Å². The summed E-state index contributed by atoms with van der Waals surface area (Å²) in [7, 11) is -4.76. The summed E-state index contributed by atoms with van der Waals surface area (Å²) >= 11 is 0.847. The predicted octanol–water partition coefficient (Wildman–Crippen LogP) is 1.89. The summed E-state index contributed by atoms with van der Waals surface area (Å²) in [5, 5.41) is 7.18. The number of carbonyl (C=O) groups is 1. The Morgan fingerprint density at radius 2 is 2.18 bits per heavy atom. The number of piperidine rings is 1. The number of nitrogens with one attached hydrogen (secondary N) is 2. The molecule has 2 atom stereocenters. The van der Waals surface area contributed by atoms with Gasteiger partial charge in [0.2, 0.25) is 9.84 Å². The first-order valence-electron chi connectivity index (χ1n) is 6.45. The highest BCUT2D eigenvalue weighted by Crippen LogP contribution is 2.27. The standard InChI is InChI=1S/C12H16F2N2O3S2.ClH/c1-7-2-4-15-6-8(7)16-11(17)10-9(3-5-20-10)21(18,19)12(13)14;/h3,5,7-8,12,15H,2,4,6H2,1H3,(H,16,17);1H. The van der Waals surface area contributed by atoms with Gasteiger partial charge in [-0.1, -0.05) is 6.92 Å². The molecule has 2 rings (SSSR count). The topological polar surface area (TPSA) is 75.3 Å². The highest BCUT2D eigenvalue weighted by Gasteiger charge is 2.33. The first-order chi connectivity index (χ1) is 9.84. The van der Waals surface area contributed by atoms with E-state index in [1.807, 2.05) is 6.92 Å². The highest BCUT2D eigenvalue weighted by molar-refractivity contribution is 7.92. The highest BCUT2D eigenvalue weighted by atomic mass is 35.5. The molecule has 2 heterocycles. The Bertz CT molecular complexity index is 622. The van der Waals surface area contributed by atoms with E-state index < -0.39 is 26.4 Å². The van der Waals surface area contributed by atoms with E-state index in [1.54, 1.807) is 0 Å². The van der Waals surface area contributed by atoms with Gasteiger partial charge < -0.3 is 10.6 Å². The Labute approximate surface area is 137 Å². The average Bonchev–Trinajstić information content (AvgIpc) is 2.91. The van der Waals surface area contributed by atoms with Crippen LogP contribution in [0.4, 0.5) is 8.78 Å². The van der Waals surface area contributed by atoms with Crippen molar-refractivity contribution in [3.8, 4) is 0 Å². The van der Waals surface area contributed by atoms with Crippen LogP contribution in [0.1, 0.15) is 23.0 Å². The van der Waals surface area contributed by atoms with E-state index in [-0.39, 0.29) is 29.2 Å². The lowest BCUT2D eigenvalue weighted by molar-refractivity contribution is 0.0916. The fraction of sp³-hybridized carbons (Fsp3) is 0.583. The second-order valence-corrected chi connectivity index (χ2v) is 7.77. The van der Waals surface area contributed by atoms with Gasteiger partial charge in [-0.25, -0.2) is 8.42 Å². The molecule has 1 aromatic rings. The molecule has 0 aliphatic carbocycles. The molecular formula is C12H17ClF2N2O3S2. The van der Waals surface area contributed by atoms with Crippen LogP contribution in [0.15, 0.2) is 16.3 Å². The third-order valence-electron chi connectivity index (χ3n) is 3.52. The molecule has 1 aliphatic heterocycles. The Morgan fingerprint density at radius 3 is 2.77 bits per heavy atom. The summed E-state index contributed by atoms with van der Waals surface area (Å²) in [5.41, 5.74) is 0. The number of hydrogen-bond acceptors (Lipinski definition) is 5. The van der Waals surface area contributed by atoms with Crippen molar-refractivity contribution in [3.63, 3.8) is 0 Å². The van der Waals surface area contributed by atoms with E-state index in [1.165, 1.54) is 5.38 Å². The first-order valence-corrected chi connectivity index (χ1v) is 8.87. The molecule has 0 bridgehead atoms. The van der Waals surface area contributed by atoms with E-state index in [0.29, 0.717) is 6.54 Å². The minimum Gasteiger partial charge on any atom is -0.347 e. The molecule has 1 aliphatic rings. The van der Waals surface area contributed by atoms with Crippen LogP contribution in [0, 0.1) is 5.92 Å². The van der Waals surface area contributed by atoms with Gasteiger partial charge in [0, 0.05) is 12.6 Å². The Hall–Kier alpha value is -0.770. The molecule has 1 fully saturated rings. The summed E-state index contributed by atoms with van der Waals surface area (Å²) < 4.78 is 48.3. The van der Waals surface area contributed by atoms with Gasteiger partial charge in [-0.05, 0) is 30.3 Å². The molecule has 1 aromatic heterocycles. The molecule has 126 valence electrons. The third kappa shape index (κ3) is 3.95. The summed E-state index contributed by atoms with van der Waals surface area (Å²) in [6, 6.07) is 0.902. The van der Waals surface area contributed by atoms with E-state index in [2.05, 4.69) is 10.6 Å². The second kappa shape index (κ2) is 7.67. The van der Waals surface area contributed by atoms with Gasteiger partial charge in [-0.2, -0.15) is 8.78 Å². The van der Waals surface area contributed by atoms with Crippen LogP contribution in [0.2, 0.25) is 0 Å². The lowest BCUT2D eigenvalue weighted by atomic mass is 9.95. The van der Waals surface area contributed by atoms with Gasteiger partial charge in [0.05, 0.1) is 4.90 Å². The minimum atomic E-state index is -4.76. The predicted molar refractivity (Wildman–Crippen MR) is 82.7 cm³/mol. The molecule has 0 aromatic carbocycles. The van der Waals surface area contributed by atoms with Crippen LogP contribution in [-0.4, -0.2) is 39.2 Å². The maximum atomic E-state index is 12.6. The van der Waals surface area contributed by atoms with Crippen molar-refractivity contribution in [2.24, 2.45) is 5.92 Å². The molecule has 0 saturated carbocycles. The van der Waals surface area contributed by atoms with E-state index in [4.69, 9.17) is 0 Å². The van der Waals surface area contributed by atoms with Crippen molar-refractivity contribution in [2.45, 2.75) is 30.0 Å². The van der Waals surface area contributed by atoms with Gasteiger partial charge >= 0.3 is 5.76 Å². The second-order valence-electron chi connectivity index (χ2n) is 4.97. The number of carbonyl (C=O) groups excluding carboxylic acids is 1. The van der Waals surface area contributed by atoms with E-state index in [0.717, 1.165) is 30.4 Å². The quantitative estimate of drug-likeness (QED) is 0.844. The van der Waals surface area contributed by atoms with Gasteiger partial charge in [0.15, 0.2) is 0 Å². The fourth-order valence-corrected chi connectivity index (χ4v) is 4.27. The summed E-state index contributed by atoms with van der Waals surface area (Å²) in [5.74, 6) is -3.91. The number of halogens is 3. The lowest BCUT2D eigenvalue weighted by Crippen LogP contribution is -2.50. The number of rotatable bonds is 4. The zero-order valence-corrected chi connectivity index (χ0v) is 14.2. The average molecular weight is 375 g/mol. The van der Waals surface area contributed by atoms with E-state index in [9.17, 15) is 22.0 Å². The molecule has 2 N–H and O–H groups in total. The molecule has 2 unspecified atom stereocenters. The molecule has 10 heteroatoms. The lowest BCUT2D eigenvalue weighted by Gasteiger charge is -2.30. The van der Waals surface area contributed by atoms with Crippen molar-refractivity contribution >= 4 is 39.5 Å². The fourth-order valence-electron chi connectivity index (χ4n) is 2.20. The van der Waals surface area contributed by atoms with Crippen molar-refractivity contribution in [1.29, 1.82) is 0 Å². The van der Waals surface area contributed by atoms with Crippen molar-refractivity contribution in [2.75, 3.05) is 13.1 Å². The van der Waals surface area contributed by atoms with Crippen LogP contribution in [0.3, 0.4) is 0 Å². The summed E-state index contributed by atoms with van der Waals surface area (Å²) in [4.78, 5) is 11.4. The number of thiophene rings is 1. The largest absolute Gasteiger partial charge is 0.347 e. The van der Waals surface area contributed by atoms with Crippen LogP contribution in [-0.2, 0) is 9.84 Å². The van der Waals surface area contributed by atoms with Crippen molar-refractivity contribution in [1.82, 2.24) is 10.6 Å². The summed E-state index contributed by atoms with van der Waals surface area (Å²) in [6.45, 7) is 3.42. The van der Waals surface area contributed by atoms with Gasteiger partial charge in [-0.15, -0.1) is 23.7 Å². The van der Waals surface area contributed by atoms with Crippen molar-refractivity contribution < 1.29 is 22.0 Å². The monoisotopic (exact) mass is 374 g/mol. The molecular weight excluding hydrogens is 358 g/mol. The zero-order valence-electron chi connectivity index (χ0n) is 11.7. The number of alkyl halides is 2. The van der Waals surface area contributed by atoms with Gasteiger partial charge in [0.1, 0.15) is 4.88 Å². The normalized spacial score (nSPS) is 22.2. The third-order valence-corrected chi connectivity index (χ3v) is 5.99. The molecule has 22 heavy (non-hydrogen) atoms. The number of hydrogen-bond donors (Lipinski definition) is 2. The molecule has 0 spiro atoms. The maximum Gasteiger partial charge on any atom is 0.341 e. The molecule has 1 saturated heterocycles. The number of amides is 1. The Kier molecular flexibility index (Phi) is 6.72. The van der Waals surface area contributed by atoms with Gasteiger partial charge in [0.25, 0.3) is 5.91 Å². The molecule has 1 amide bonds. The molecule has 0 radical (unpaired) electrons. The Balaban J connectivity index is 0.00000242. The van der Waals surface area contributed by atoms with Crippen LogP contribution in [0.25, 0.3) is 0 Å². The maximum absolute atomic E-state index is 12.6. The smallest absolute Gasteiger partial charge is 0.341 e. The van der Waals surface area contributed by atoms with Gasteiger partial charge in [-0.3, -0.25) is 4.79 Å². The minimum absolute atomic E-state index is 0. The summed E-state index contributed by atoms with van der Waals surface area (Å²) in [6.07, 6.45) is 0.886. The number of sulfone groups is 1. The van der Waals surface area contributed by atoms with Crippen LogP contribution >= 0.6 is 23.7 Å². The van der Waals surface area contributed by atoms with Crippen LogP contribution < -0.4 is 10.6 Å².